The second-order valence-electron chi connectivity index (χ2n) is 5.27. The van der Waals surface area contributed by atoms with Crippen LogP contribution in [0.1, 0.15) is 25.7 Å². The number of nitrogens with one attached hydrogen (secondary N) is 1. The van der Waals surface area contributed by atoms with Crippen LogP contribution in [0, 0.1) is 0 Å². The highest BCUT2D eigenvalue weighted by Gasteiger charge is 2.29. The van der Waals surface area contributed by atoms with Crippen LogP contribution in [0.15, 0.2) is 24.3 Å². The molecule has 0 heterocycles. The fourth-order valence-corrected chi connectivity index (χ4v) is 2.58. The van der Waals surface area contributed by atoms with Gasteiger partial charge in [-0.15, -0.1) is 0 Å². The third kappa shape index (κ3) is 5.12. The first-order valence-electron chi connectivity index (χ1n) is 7.06. The molecule has 2 atom stereocenters. The molecule has 1 aliphatic carbocycles. The summed E-state index contributed by atoms with van der Waals surface area (Å²) < 4.78 is 47.0. The van der Waals surface area contributed by atoms with Gasteiger partial charge in [-0.2, -0.15) is 13.2 Å². The van der Waals surface area contributed by atoms with Crippen LogP contribution >= 0.6 is 0 Å². The molecule has 0 spiro atoms. The van der Waals surface area contributed by atoms with E-state index in [9.17, 15) is 13.2 Å². The standard InChI is InChI=1S/C15H20F3NO2/c1-20-12-6-4-5-11(9-12)19-13-7-2-3-8-14(13)21-10-15(16,17)18/h2-3,7-8,11-12,19H,4-6,9-10H2,1H3. The molecule has 1 aliphatic rings. The minimum absolute atomic E-state index is 0.194. The normalized spacial score (nSPS) is 22.9. The van der Waals surface area contributed by atoms with Crippen molar-refractivity contribution in [3.05, 3.63) is 24.3 Å². The SMILES string of the molecule is COC1CCCC(Nc2ccccc2OCC(F)(F)F)C1. The highest BCUT2D eigenvalue weighted by molar-refractivity contribution is 5.56. The monoisotopic (exact) mass is 303 g/mol. The molecule has 3 nitrogen and oxygen atoms in total. The van der Waals surface area contributed by atoms with Crippen LogP contribution in [0.25, 0.3) is 0 Å². The van der Waals surface area contributed by atoms with Gasteiger partial charge in [0.2, 0.25) is 0 Å². The first kappa shape index (κ1) is 15.9. The molecule has 1 aromatic carbocycles. The summed E-state index contributed by atoms with van der Waals surface area (Å²) in [4.78, 5) is 0. The van der Waals surface area contributed by atoms with E-state index in [1.165, 1.54) is 0 Å². The first-order chi connectivity index (χ1) is 9.98. The van der Waals surface area contributed by atoms with Crippen molar-refractivity contribution in [3.8, 4) is 5.75 Å². The van der Waals surface area contributed by atoms with Crippen molar-refractivity contribution in [2.24, 2.45) is 0 Å². The van der Waals surface area contributed by atoms with E-state index in [-0.39, 0.29) is 17.9 Å². The molecule has 0 saturated heterocycles. The molecule has 1 N–H and O–H groups in total. The number of rotatable bonds is 5. The van der Waals surface area contributed by atoms with Crippen molar-refractivity contribution in [3.63, 3.8) is 0 Å². The summed E-state index contributed by atoms with van der Waals surface area (Å²) in [5.74, 6) is 0.231. The van der Waals surface area contributed by atoms with Gasteiger partial charge >= 0.3 is 6.18 Å². The second kappa shape index (κ2) is 7.02. The average molecular weight is 303 g/mol. The van der Waals surface area contributed by atoms with Crippen LogP contribution in [0.2, 0.25) is 0 Å². The predicted molar refractivity (Wildman–Crippen MR) is 74.7 cm³/mol. The zero-order valence-electron chi connectivity index (χ0n) is 12.0. The number of para-hydroxylation sites is 2. The summed E-state index contributed by atoms with van der Waals surface area (Å²) in [7, 11) is 1.69. The van der Waals surface area contributed by atoms with E-state index in [1.807, 2.05) is 0 Å². The van der Waals surface area contributed by atoms with Gasteiger partial charge < -0.3 is 14.8 Å². The molecule has 6 heteroatoms. The summed E-state index contributed by atoms with van der Waals surface area (Å²) in [5.41, 5.74) is 0.600. The Balaban J connectivity index is 1.99. The maximum Gasteiger partial charge on any atom is 0.422 e. The Morgan fingerprint density at radius 2 is 2.00 bits per heavy atom. The van der Waals surface area contributed by atoms with E-state index >= 15 is 0 Å². The van der Waals surface area contributed by atoms with E-state index in [4.69, 9.17) is 9.47 Å². The van der Waals surface area contributed by atoms with Crippen molar-refractivity contribution in [2.45, 2.75) is 44.0 Å². The van der Waals surface area contributed by atoms with Gasteiger partial charge in [-0.3, -0.25) is 0 Å². The zero-order chi connectivity index (χ0) is 15.3. The highest BCUT2D eigenvalue weighted by Crippen LogP contribution is 2.30. The van der Waals surface area contributed by atoms with Crippen molar-refractivity contribution < 1.29 is 22.6 Å². The molecule has 0 aliphatic heterocycles. The Labute approximate surface area is 122 Å². The molecule has 21 heavy (non-hydrogen) atoms. The number of hydrogen-bond donors (Lipinski definition) is 1. The molecular formula is C15H20F3NO2. The van der Waals surface area contributed by atoms with Crippen LogP contribution in [0.3, 0.4) is 0 Å². The summed E-state index contributed by atoms with van der Waals surface area (Å²) in [6.07, 6.45) is -0.223. The van der Waals surface area contributed by atoms with Gasteiger partial charge in [0.1, 0.15) is 5.75 Å². The second-order valence-corrected chi connectivity index (χ2v) is 5.27. The molecule has 2 unspecified atom stereocenters. The van der Waals surface area contributed by atoms with E-state index < -0.39 is 12.8 Å². The van der Waals surface area contributed by atoms with Crippen molar-refractivity contribution in [1.82, 2.24) is 0 Å². The lowest BCUT2D eigenvalue weighted by atomic mass is 9.92. The van der Waals surface area contributed by atoms with Crippen molar-refractivity contribution in [2.75, 3.05) is 19.0 Å². The Morgan fingerprint density at radius 3 is 2.71 bits per heavy atom. The molecule has 118 valence electrons. The summed E-state index contributed by atoms with van der Waals surface area (Å²) in [5, 5.41) is 3.28. The molecule has 0 radical (unpaired) electrons. The van der Waals surface area contributed by atoms with E-state index in [0.717, 1.165) is 25.7 Å². The van der Waals surface area contributed by atoms with E-state index in [1.54, 1.807) is 31.4 Å². The lowest BCUT2D eigenvalue weighted by Gasteiger charge is -2.30. The fourth-order valence-electron chi connectivity index (χ4n) is 2.58. The van der Waals surface area contributed by atoms with Gasteiger partial charge in [0.05, 0.1) is 11.8 Å². The third-order valence-electron chi connectivity index (χ3n) is 3.60. The minimum Gasteiger partial charge on any atom is -0.482 e. The molecular weight excluding hydrogens is 283 g/mol. The van der Waals surface area contributed by atoms with Crippen LogP contribution in [-0.4, -0.2) is 32.0 Å². The number of benzene rings is 1. The number of ether oxygens (including phenoxy) is 2. The Bertz CT molecular complexity index is 451. The first-order valence-corrected chi connectivity index (χ1v) is 7.06. The Kier molecular flexibility index (Phi) is 5.33. The van der Waals surface area contributed by atoms with Crippen LogP contribution < -0.4 is 10.1 Å². The van der Waals surface area contributed by atoms with Gasteiger partial charge in [0.25, 0.3) is 0 Å². The minimum atomic E-state index is -4.33. The number of alkyl halides is 3. The molecule has 0 amide bonds. The molecule has 0 bridgehead atoms. The van der Waals surface area contributed by atoms with Crippen molar-refractivity contribution in [1.29, 1.82) is 0 Å². The third-order valence-corrected chi connectivity index (χ3v) is 3.60. The smallest absolute Gasteiger partial charge is 0.422 e. The van der Waals surface area contributed by atoms with Crippen molar-refractivity contribution >= 4 is 5.69 Å². The summed E-state index contributed by atoms with van der Waals surface area (Å²) in [6.45, 7) is -1.28. The van der Waals surface area contributed by atoms with Gasteiger partial charge in [-0.25, -0.2) is 0 Å². The summed E-state index contributed by atoms with van der Waals surface area (Å²) in [6, 6.07) is 6.92. The molecule has 1 saturated carbocycles. The van der Waals surface area contributed by atoms with E-state index in [0.29, 0.717) is 5.69 Å². The fraction of sp³-hybridized carbons (Fsp3) is 0.600. The molecule has 2 rings (SSSR count). The van der Waals surface area contributed by atoms with Gasteiger partial charge in [0, 0.05) is 13.2 Å². The highest BCUT2D eigenvalue weighted by atomic mass is 19.4. The molecule has 1 fully saturated rings. The Morgan fingerprint density at radius 1 is 1.24 bits per heavy atom. The Hall–Kier alpha value is -1.43. The van der Waals surface area contributed by atoms with Gasteiger partial charge in [0.15, 0.2) is 6.61 Å². The lowest BCUT2D eigenvalue weighted by Crippen LogP contribution is -2.31. The largest absolute Gasteiger partial charge is 0.482 e. The predicted octanol–water partition coefficient (Wildman–Crippen LogP) is 4.00. The van der Waals surface area contributed by atoms with Gasteiger partial charge in [-0.05, 0) is 37.8 Å². The quantitative estimate of drug-likeness (QED) is 0.892. The summed E-state index contributed by atoms with van der Waals surface area (Å²) >= 11 is 0. The van der Waals surface area contributed by atoms with Crippen LogP contribution in [0.4, 0.5) is 18.9 Å². The number of methoxy groups -OCH3 is 1. The zero-order valence-corrected chi connectivity index (χ0v) is 12.0. The average Bonchev–Trinajstić information content (AvgIpc) is 2.46. The maximum atomic E-state index is 12.3. The number of anilines is 1. The van der Waals surface area contributed by atoms with Crippen LogP contribution in [0.5, 0.6) is 5.75 Å². The molecule has 0 aromatic heterocycles. The maximum absolute atomic E-state index is 12.3. The van der Waals surface area contributed by atoms with E-state index in [2.05, 4.69) is 5.32 Å². The van der Waals surface area contributed by atoms with Crippen LogP contribution in [-0.2, 0) is 4.74 Å². The topological polar surface area (TPSA) is 30.5 Å². The van der Waals surface area contributed by atoms with Gasteiger partial charge in [-0.1, -0.05) is 12.1 Å². The number of hydrogen-bond acceptors (Lipinski definition) is 3. The number of halogens is 3. The molecule has 1 aromatic rings. The lowest BCUT2D eigenvalue weighted by molar-refractivity contribution is -0.153.